The van der Waals surface area contributed by atoms with Crippen molar-refractivity contribution < 1.29 is 4.79 Å². The molecule has 44 valence electrons. The normalized spacial score (nSPS) is 12.1. The molecule has 0 aromatic carbocycles. The molecule has 8 heavy (non-hydrogen) atoms. The zero-order chi connectivity index (χ0) is 6.57. The van der Waals surface area contributed by atoms with Crippen LogP contribution in [0.15, 0.2) is 0 Å². The Bertz CT molecular complexity index is 123. The van der Waals surface area contributed by atoms with Gasteiger partial charge < -0.3 is 0 Å². The lowest BCUT2D eigenvalue weighted by Crippen LogP contribution is -2.05. The largest absolute Gasteiger partial charge is 0.299 e. The first-order chi connectivity index (χ1) is 3.72. The molecule has 2 heteroatoms. The molecule has 0 N–H and O–H groups in total. The fraction of sp³-hybridized carbons (Fsp3) is 0.667. The van der Waals surface area contributed by atoms with Gasteiger partial charge in [0.1, 0.15) is 11.7 Å². The second-order valence-electron chi connectivity index (χ2n) is 1.70. The fourth-order valence-corrected chi connectivity index (χ4v) is 0.470. The van der Waals surface area contributed by atoms with Gasteiger partial charge in [0, 0.05) is 0 Å². The van der Waals surface area contributed by atoms with Crippen molar-refractivity contribution in [3.63, 3.8) is 0 Å². The maximum atomic E-state index is 10.4. The highest BCUT2D eigenvalue weighted by atomic mass is 16.1. The van der Waals surface area contributed by atoms with Crippen LogP contribution in [0.5, 0.6) is 0 Å². The molecule has 0 aromatic heterocycles. The van der Waals surface area contributed by atoms with Crippen molar-refractivity contribution in [1.29, 1.82) is 5.26 Å². The van der Waals surface area contributed by atoms with Gasteiger partial charge in [-0.1, -0.05) is 6.92 Å². The lowest BCUT2D eigenvalue weighted by atomic mass is 10.1. The summed E-state index contributed by atoms with van der Waals surface area (Å²) in [7, 11) is 0. The Morgan fingerprint density at radius 3 is 2.38 bits per heavy atom. The highest BCUT2D eigenvalue weighted by Crippen LogP contribution is 1.99. The van der Waals surface area contributed by atoms with Crippen LogP contribution in [0.3, 0.4) is 0 Å². The first-order valence-corrected chi connectivity index (χ1v) is 2.62. The standard InChI is InChI=1S/C6H9NO/c1-3-6(4-7)5(2)8/h6H,3H2,1-2H3/t6-/m0/s1. The van der Waals surface area contributed by atoms with Gasteiger partial charge in [-0.3, -0.25) is 4.79 Å². The molecule has 0 spiro atoms. The third-order valence-corrected chi connectivity index (χ3v) is 1.05. The lowest BCUT2D eigenvalue weighted by Gasteiger charge is -1.95. The minimum absolute atomic E-state index is 0.0324. The molecule has 0 fully saturated rings. The Morgan fingerprint density at radius 1 is 1.88 bits per heavy atom. The van der Waals surface area contributed by atoms with Crippen molar-refractivity contribution in [2.24, 2.45) is 5.92 Å². The Morgan fingerprint density at radius 2 is 2.38 bits per heavy atom. The van der Waals surface area contributed by atoms with Crippen LogP contribution in [0.25, 0.3) is 0 Å². The highest BCUT2D eigenvalue weighted by molar-refractivity contribution is 5.80. The molecule has 0 heterocycles. The number of hydrogen-bond acceptors (Lipinski definition) is 2. The number of carbonyl (C=O) groups excluding carboxylic acids is 1. The molecule has 0 saturated heterocycles. The second-order valence-corrected chi connectivity index (χ2v) is 1.70. The summed E-state index contributed by atoms with van der Waals surface area (Å²) in [6.07, 6.45) is 0.631. The van der Waals surface area contributed by atoms with E-state index in [4.69, 9.17) is 5.26 Å². The van der Waals surface area contributed by atoms with Crippen molar-refractivity contribution in [1.82, 2.24) is 0 Å². The molecular weight excluding hydrogens is 102 g/mol. The molecule has 0 radical (unpaired) electrons. The third-order valence-electron chi connectivity index (χ3n) is 1.05. The highest BCUT2D eigenvalue weighted by Gasteiger charge is 2.07. The second kappa shape index (κ2) is 3.20. The average molecular weight is 111 g/mol. The van der Waals surface area contributed by atoms with Crippen LogP contribution in [0.2, 0.25) is 0 Å². The maximum absolute atomic E-state index is 10.4. The topological polar surface area (TPSA) is 40.9 Å². The summed E-state index contributed by atoms with van der Waals surface area (Å²) >= 11 is 0. The number of hydrogen-bond donors (Lipinski definition) is 0. The van der Waals surface area contributed by atoms with E-state index in [2.05, 4.69) is 0 Å². The molecule has 2 nitrogen and oxygen atoms in total. The monoisotopic (exact) mass is 111 g/mol. The molecule has 0 aliphatic carbocycles. The minimum atomic E-state index is -0.380. The van der Waals surface area contributed by atoms with E-state index in [9.17, 15) is 4.79 Å². The number of rotatable bonds is 2. The van der Waals surface area contributed by atoms with E-state index in [0.29, 0.717) is 6.42 Å². The third kappa shape index (κ3) is 1.74. The van der Waals surface area contributed by atoms with E-state index in [-0.39, 0.29) is 11.7 Å². The number of Topliss-reactive ketones (excluding diaryl/α,β-unsaturated/α-hetero) is 1. The van der Waals surface area contributed by atoms with Crippen LogP contribution in [0, 0.1) is 17.2 Å². The number of ketones is 1. The van der Waals surface area contributed by atoms with Gasteiger partial charge in [-0.05, 0) is 13.3 Å². The van der Waals surface area contributed by atoms with Gasteiger partial charge in [0.25, 0.3) is 0 Å². The van der Waals surface area contributed by atoms with Crippen LogP contribution in [0.4, 0.5) is 0 Å². The summed E-state index contributed by atoms with van der Waals surface area (Å²) in [5.41, 5.74) is 0. The molecule has 0 amide bonds. The van der Waals surface area contributed by atoms with Crippen LogP contribution in [-0.4, -0.2) is 5.78 Å². The Labute approximate surface area is 49.1 Å². The van der Waals surface area contributed by atoms with E-state index in [1.54, 1.807) is 0 Å². The number of nitriles is 1. The number of nitrogens with zero attached hydrogens (tertiary/aromatic N) is 1. The minimum Gasteiger partial charge on any atom is -0.299 e. The maximum Gasteiger partial charge on any atom is 0.146 e. The summed E-state index contributed by atoms with van der Waals surface area (Å²) in [6, 6.07) is 1.90. The zero-order valence-corrected chi connectivity index (χ0v) is 5.14. The van der Waals surface area contributed by atoms with Crippen molar-refractivity contribution in [3.05, 3.63) is 0 Å². The lowest BCUT2D eigenvalue weighted by molar-refractivity contribution is -0.119. The number of carbonyl (C=O) groups is 1. The molecule has 0 unspecified atom stereocenters. The Kier molecular flexibility index (Phi) is 2.86. The summed E-state index contributed by atoms with van der Waals surface area (Å²) in [5, 5.41) is 8.23. The van der Waals surface area contributed by atoms with E-state index in [1.807, 2.05) is 13.0 Å². The van der Waals surface area contributed by atoms with Crippen LogP contribution < -0.4 is 0 Å². The molecule has 0 aliphatic heterocycles. The van der Waals surface area contributed by atoms with Gasteiger partial charge in [0.05, 0.1) is 6.07 Å². The van der Waals surface area contributed by atoms with Gasteiger partial charge in [0.2, 0.25) is 0 Å². The zero-order valence-electron chi connectivity index (χ0n) is 5.14. The van der Waals surface area contributed by atoms with Crippen LogP contribution in [0.1, 0.15) is 20.3 Å². The SMILES string of the molecule is CC[C@@H](C#N)C(C)=O. The Balaban J connectivity index is 3.76. The van der Waals surface area contributed by atoms with Gasteiger partial charge in [0.15, 0.2) is 0 Å². The summed E-state index contributed by atoms with van der Waals surface area (Å²) in [5.74, 6) is -0.412. The van der Waals surface area contributed by atoms with Crippen LogP contribution in [-0.2, 0) is 4.79 Å². The van der Waals surface area contributed by atoms with Crippen molar-refractivity contribution in [3.8, 4) is 6.07 Å². The Hall–Kier alpha value is -0.840. The van der Waals surface area contributed by atoms with E-state index < -0.39 is 0 Å². The van der Waals surface area contributed by atoms with Gasteiger partial charge in [-0.25, -0.2) is 0 Å². The first-order valence-electron chi connectivity index (χ1n) is 2.62. The molecule has 0 rings (SSSR count). The first kappa shape index (κ1) is 7.16. The fourth-order valence-electron chi connectivity index (χ4n) is 0.470. The van der Waals surface area contributed by atoms with Gasteiger partial charge in [-0.15, -0.1) is 0 Å². The van der Waals surface area contributed by atoms with Crippen LogP contribution >= 0.6 is 0 Å². The van der Waals surface area contributed by atoms with Crippen molar-refractivity contribution >= 4 is 5.78 Å². The van der Waals surface area contributed by atoms with E-state index in [0.717, 1.165) is 0 Å². The van der Waals surface area contributed by atoms with Crippen molar-refractivity contribution in [2.45, 2.75) is 20.3 Å². The average Bonchev–Trinajstić information content (AvgIpc) is 1.69. The van der Waals surface area contributed by atoms with Gasteiger partial charge in [-0.2, -0.15) is 5.26 Å². The summed E-state index contributed by atoms with van der Waals surface area (Å²) in [6.45, 7) is 3.27. The molecule has 0 aromatic rings. The summed E-state index contributed by atoms with van der Waals surface area (Å²) < 4.78 is 0. The quantitative estimate of drug-likeness (QED) is 0.535. The van der Waals surface area contributed by atoms with E-state index >= 15 is 0 Å². The predicted molar refractivity (Wildman–Crippen MR) is 30.1 cm³/mol. The van der Waals surface area contributed by atoms with Crippen molar-refractivity contribution in [2.75, 3.05) is 0 Å². The predicted octanol–water partition coefficient (Wildman–Crippen LogP) is 1.13. The molecule has 0 bridgehead atoms. The molecule has 0 saturated carbocycles. The van der Waals surface area contributed by atoms with E-state index in [1.165, 1.54) is 6.92 Å². The molecule has 0 aliphatic rings. The smallest absolute Gasteiger partial charge is 0.146 e. The molecular formula is C6H9NO. The summed E-state index contributed by atoms with van der Waals surface area (Å²) in [4.78, 5) is 10.4. The van der Waals surface area contributed by atoms with Gasteiger partial charge >= 0.3 is 0 Å². The molecule has 1 atom stereocenters.